The minimum Gasteiger partial charge on any atom is -0.389 e. The molecular formula is C14H17BrN4S. The minimum absolute atomic E-state index is 0.401. The number of unbranched alkanes of at least 4 members (excludes halogenated alkanes) is 1. The number of aryl methyl sites for hydroxylation is 1. The molecule has 2 rings (SSSR count). The van der Waals surface area contributed by atoms with Crippen LogP contribution < -0.4 is 11.1 Å². The first-order valence-electron chi connectivity index (χ1n) is 6.46. The van der Waals surface area contributed by atoms with Gasteiger partial charge in [0.2, 0.25) is 0 Å². The van der Waals surface area contributed by atoms with Crippen LogP contribution in [-0.4, -0.2) is 21.1 Å². The molecule has 0 aliphatic rings. The number of nitrogens with zero attached hydrogens (tertiary/aromatic N) is 2. The van der Waals surface area contributed by atoms with Crippen LogP contribution in [0.2, 0.25) is 0 Å². The molecule has 4 nitrogen and oxygen atoms in total. The van der Waals surface area contributed by atoms with Gasteiger partial charge in [-0.15, -0.1) is 0 Å². The molecule has 0 unspecified atom stereocenters. The van der Waals surface area contributed by atoms with E-state index in [0.29, 0.717) is 4.99 Å². The first-order valence-corrected chi connectivity index (χ1v) is 7.66. The third-order valence-corrected chi connectivity index (χ3v) is 3.84. The van der Waals surface area contributed by atoms with E-state index < -0.39 is 0 Å². The molecule has 0 spiro atoms. The van der Waals surface area contributed by atoms with Crippen molar-refractivity contribution in [2.75, 3.05) is 11.9 Å². The number of hydrogen-bond acceptors (Lipinski definition) is 3. The van der Waals surface area contributed by atoms with Crippen LogP contribution >= 0.6 is 28.1 Å². The summed E-state index contributed by atoms with van der Waals surface area (Å²) in [6, 6.07) is 5.91. The van der Waals surface area contributed by atoms with Gasteiger partial charge >= 0.3 is 0 Å². The van der Waals surface area contributed by atoms with Crippen LogP contribution in [0.5, 0.6) is 0 Å². The Morgan fingerprint density at radius 1 is 1.40 bits per heavy atom. The fraction of sp³-hybridized carbons (Fsp3) is 0.286. The highest BCUT2D eigenvalue weighted by Gasteiger charge is 2.08. The molecule has 0 saturated heterocycles. The van der Waals surface area contributed by atoms with Gasteiger partial charge in [0, 0.05) is 41.2 Å². The molecule has 1 heterocycles. The zero-order chi connectivity index (χ0) is 14.4. The Bertz CT molecular complexity index is 569. The molecule has 0 saturated carbocycles. The van der Waals surface area contributed by atoms with Crippen molar-refractivity contribution in [1.29, 1.82) is 0 Å². The Balaban J connectivity index is 1.82. The van der Waals surface area contributed by atoms with E-state index in [1.165, 1.54) is 0 Å². The minimum atomic E-state index is 0.401. The van der Waals surface area contributed by atoms with Crippen molar-refractivity contribution in [1.82, 2.24) is 9.55 Å². The molecule has 0 bridgehead atoms. The fourth-order valence-corrected chi connectivity index (χ4v) is 2.91. The second kappa shape index (κ2) is 7.40. The van der Waals surface area contributed by atoms with Crippen molar-refractivity contribution in [2.24, 2.45) is 5.73 Å². The topological polar surface area (TPSA) is 55.9 Å². The molecule has 0 fully saturated rings. The summed E-state index contributed by atoms with van der Waals surface area (Å²) in [6.07, 6.45) is 7.79. The first kappa shape index (κ1) is 15.0. The number of thiocarbonyl (C=S) groups is 1. The summed E-state index contributed by atoms with van der Waals surface area (Å²) in [5.74, 6) is 0. The molecule has 20 heavy (non-hydrogen) atoms. The molecule has 1 aromatic carbocycles. The van der Waals surface area contributed by atoms with Gasteiger partial charge in [0.15, 0.2) is 0 Å². The third kappa shape index (κ3) is 4.05. The summed E-state index contributed by atoms with van der Waals surface area (Å²) in [4.78, 5) is 4.42. The molecule has 3 N–H and O–H groups in total. The van der Waals surface area contributed by atoms with E-state index in [2.05, 4.69) is 30.8 Å². The Kier molecular flexibility index (Phi) is 5.55. The lowest BCUT2D eigenvalue weighted by molar-refractivity contribution is 0.621. The van der Waals surface area contributed by atoms with Crippen molar-refractivity contribution >= 4 is 38.8 Å². The summed E-state index contributed by atoms with van der Waals surface area (Å²) in [5, 5.41) is 3.39. The molecule has 1 aromatic heterocycles. The van der Waals surface area contributed by atoms with E-state index >= 15 is 0 Å². The van der Waals surface area contributed by atoms with E-state index in [1.54, 1.807) is 6.20 Å². The lowest BCUT2D eigenvalue weighted by atomic mass is 10.1. The standard InChI is InChI=1S/C14H17BrN4S/c15-11-4-3-5-12(13(11)14(16)20)18-6-1-2-8-19-9-7-17-10-19/h3-5,7,9-10,18H,1-2,6,8H2,(H2,16,20). The number of nitrogens with one attached hydrogen (secondary N) is 1. The summed E-state index contributed by atoms with van der Waals surface area (Å²) in [6.45, 7) is 1.88. The zero-order valence-corrected chi connectivity index (χ0v) is 13.5. The summed E-state index contributed by atoms with van der Waals surface area (Å²) < 4.78 is 3.01. The summed E-state index contributed by atoms with van der Waals surface area (Å²) in [7, 11) is 0. The predicted octanol–water partition coefficient (Wildman–Crippen LogP) is 3.17. The van der Waals surface area contributed by atoms with E-state index in [-0.39, 0.29) is 0 Å². The van der Waals surface area contributed by atoms with Crippen molar-refractivity contribution in [3.63, 3.8) is 0 Å². The normalized spacial score (nSPS) is 10.4. The highest BCUT2D eigenvalue weighted by atomic mass is 79.9. The van der Waals surface area contributed by atoms with Gasteiger partial charge in [-0.1, -0.05) is 18.3 Å². The van der Waals surface area contributed by atoms with Gasteiger partial charge in [-0.05, 0) is 40.9 Å². The second-order valence-corrected chi connectivity index (χ2v) is 5.76. The number of nitrogens with two attached hydrogens (primary N) is 1. The van der Waals surface area contributed by atoms with Crippen LogP contribution in [0, 0.1) is 0 Å². The van der Waals surface area contributed by atoms with Gasteiger partial charge in [-0.3, -0.25) is 0 Å². The van der Waals surface area contributed by atoms with Crippen LogP contribution in [0.3, 0.4) is 0 Å². The van der Waals surface area contributed by atoms with Crippen molar-refractivity contribution in [3.05, 3.63) is 47.0 Å². The third-order valence-electron chi connectivity index (χ3n) is 2.98. The molecule has 6 heteroatoms. The summed E-state index contributed by atoms with van der Waals surface area (Å²) in [5.41, 5.74) is 7.61. The number of benzene rings is 1. The number of hydrogen-bond donors (Lipinski definition) is 2. The van der Waals surface area contributed by atoms with Crippen LogP contribution in [0.4, 0.5) is 5.69 Å². The molecule has 0 radical (unpaired) electrons. The van der Waals surface area contributed by atoms with Gasteiger partial charge < -0.3 is 15.6 Å². The van der Waals surface area contributed by atoms with Crippen molar-refractivity contribution in [2.45, 2.75) is 19.4 Å². The van der Waals surface area contributed by atoms with Gasteiger partial charge in [0.05, 0.1) is 6.33 Å². The van der Waals surface area contributed by atoms with Gasteiger partial charge in [-0.25, -0.2) is 4.98 Å². The van der Waals surface area contributed by atoms with Crippen LogP contribution in [0.15, 0.2) is 41.4 Å². The highest BCUT2D eigenvalue weighted by molar-refractivity contribution is 9.10. The largest absolute Gasteiger partial charge is 0.389 e. The van der Waals surface area contributed by atoms with E-state index in [0.717, 1.165) is 41.7 Å². The molecule has 2 aromatic rings. The maximum absolute atomic E-state index is 5.76. The average Bonchev–Trinajstić information content (AvgIpc) is 2.91. The van der Waals surface area contributed by atoms with Crippen LogP contribution in [0.25, 0.3) is 0 Å². The Labute approximate surface area is 132 Å². The fourth-order valence-electron chi connectivity index (χ4n) is 1.98. The van der Waals surface area contributed by atoms with Crippen LogP contribution in [0.1, 0.15) is 18.4 Å². The van der Waals surface area contributed by atoms with Gasteiger partial charge in [0.1, 0.15) is 4.99 Å². The Morgan fingerprint density at radius 2 is 2.25 bits per heavy atom. The van der Waals surface area contributed by atoms with Gasteiger partial charge in [0.25, 0.3) is 0 Å². The SMILES string of the molecule is NC(=S)c1c(Br)cccc1NCCCCn1ccnc1. The molecule has 0 amide bonds. The van der Waals surface area contributed by atoms with E-state index in [9.17, 15) is 0 Å². The molecule has 0 aliphatic carbocycles. The molecule has 0 aliphatic heterocycles. The van der Waals surface area contributed by atoms with Crippen LogP contribution in [-0.2, 0) is 6.54 Å². The average molecular weight is 353 g/mol. The van der Waals surface area contributed by atoms with Crippen molar-refractivity contribution < 1.29 is 0 Å². The second-order valence-electron chi connectivity index (χ2n) is 4.46. The molecule has 106 valence electrons. The summed E-state index contributed by atoms with van der Waals surface area (Å²) >= 11 is 8.57. The maximum Gasteiger partial charge on any atom is 0.107 e. The highest BCUT2D eigenvalue weighted by Crippen LogP contribution is 2.24. The van der Waals surface area contributed by atoms with E-state index in [4.69, 9.17) is 18.0 Å². The van der Waals surface area contributed by atoms with E-state index in [1.807, 2.05) is 30.7 Å². The Morgan fingerprint density at radius 3 is 2.95 bits per heavy atom. The van der Waals surface area contributed by atoms with Gasteiger partial charge in [-0.2, -0.15) is 0 Å². The number of rotatable bonds is 7. The lowest BCUT2D eigenvalue weighted by Gasteiger charge is -2.12. The molecule has 0 atom stereocenters. The first-order chi connectivity index (χ1) is 9.68. The quantitative estimate of drug-likeness (QED) is 0.593. The Hall–Kier alpha value is -1.40. The number of halogens is 1. The number of aromatic nitrogens is 2. The zero-order valence-electron chi connectivity index (χ0n) is 11.1. The number of imidazole rings is 1. The molecular weight excluding hydrogens is 336 g/mol. The van der Waals surface area contributed by atoms with Crippen molar-refractivity contribution in [3.8, 4) is 0 Å². The number of anilines is 1. The smallest absolute Gasteiger partial charge is 0.107 e. The lowest BCUT2D eigenvalue weighted by Crippen LogP contribution is -2.14. The maximum atomic E-state index is 5.76. The monoisotopic (exact) mass is 352 g/mol. The predicted molar refractivity (Wildman–Crippen MR) is 90.0 cm³/mol.